The molecule has 0 saturated heterocycles. The van der Waals surface area contributed by atoms with Crippen LogP contribution in [0.4, 0.5) is 0 Å². The normalized spacial score (nSPS) is 15.7. The van der Waals surface area contributed by atoms with E-state index in [1.165, 1.54) is 19.2 Å². The van der Waals surface area contributed by atoms with Gasteiger partial charge in [-0.3, -0.25) is 4.99 Å². The number of pyridine rings is 1. The van der Waals surface area contributed by atoms with E-state index in [0.29, 0.717) is 28.6 Å². The molecule has 8 nitrogen and oxygen atoms in total. The zero-order chi connectivity index (χ0) is 25.4. The lowest BCUT2D eigenvalue weighted by atomic mass is 9.88. The maximum Gasteiger partial charge on any atom is 0.201 e. The summed E-state index contributed by atoms with van der Waals surface area (Å²) in [6.45, 7) is 0. The zero-order valence-electron chi connectivity index (χ0n) is 19.8. The van der Waals surface area contributed by atoms with Crippen LogP contribution in [-0.4, -0.2) is 25.9 Å². The van der Waals surface area contributed by atoms with Crippen LogP contribution >= 0.6 is 11.6 Å². The molecule has 4 aromatic rings. The summed E-state index contributed by atoms with van der Waals surface area (Å²) in [7, 11) is 0. The number of halogens is 1. The Morgan fingerprint density at radius 1 is 1.14 bits per heavy atom. The minimum Gasteiger partial charge on any atom is -0.618 e. The van der Waals surface area contributed by atoms with Gasteiger partial charge in [-0.2, -0.15) is 14.7 Å². The molecule has 3 heterocycles. The lowest BCUT2D eigenvalue weighted by molar-refractivity contribution is -0.614. The average Bonchev–Trinajstić information content (AvgIpc) is 3.36. The van der Waals surface area contributed by atoms with Gasteiger partial charge in [0, 0.05) is 40.5 Å². The van der Waals surface area contributed by atoms with Gasteiger partial charge in [0.2, 0.25) is 5.69 Å². The molecule has 37 heavy (non-hydrogen) atoms. The van der Waals surface area contributed by atoms with Crippen molar-refractivity contribution in [3.05, 3.63) is 100 Å². The Bertz CT molecular complexity index is 1580. The first-order valence-electron chi connectivity index (χ1n) is 12.1. The van der Waals surface area contributed by atoms with Crippen molar-refractivity contribution in [3.8, 4) is 22.9 Å². The number of hydrogen-bond donors (Lipinski definition) is 0. The Hall–Kier alpha value is -4.35. The zero-order valence-corrected chi connectivity index (χ0v) is 20.6. The number of aliphatic imine (C=N–C) groups is 1. The summed E-state index contributed by atoms with van der Waals surface area (Å²) in [4.78, 5) is 4.76. The minimum absolute atomic E-state index is 0.0784. The fourth-order valence-electron chi connectivity index (χ4n) is 4.87. The molecular weight excluding hydrogens is 486 g/mol. The molecule has 2 aliphatic rings. The van der Waals surface area contributed by atoms with Gasteiger partial charge in [-0.05, 0) is 70.3 Å². The van der Waals surface area contributed by atoms with Crippen LogP contribution in [-0.2, 0) is 0 Å². The van der Waals surface area contributed by atoms with Crippen LogP contribution in [0.1, 0.15) is 48.4 Å². The fraction of sp³-hybridized carbons (Fsp3) is 0.214. The first-order valence-corrected chi connectivity index (χ1v) is 12.5. The summed E-state index contributed by atoms with van der Waals surface area (Å²) in [6.07, 6.45) is 8.90. The summed E-state index contributed by atoms with van der Waals surface area (Å²) in [5, 5.41) is 34.7. The molecule has 2 aromatic carbocycles. The number of nitriles is 1. The van der Waals surface area contributed by atoms with Gasteiger partial charge < -0.3 is 5.21 Å². The Balaban J connectivity index is 1.31. The summed E-state index contributed by atoms with van der Waals surface area (Å²) in [5.74, 6) is 0.531. The highest BCUT2D eigenvalue weighted by Crippen LogP contribution is 2.41. The van der Waals surface area contributed by atoms with Gasteiger partial charge in [0.15, 0.2) is 6.20 Å². The Kier molecular flexibility index (Phi) is 5.99. The molecule has 1 unspecified atom stereocenters. The standard InChI is InChI=1S/C28H22ClN7O/c29-23-7-9-27(35-17-32-33-34-35)24(13-23)21-6-8-28(36(37)16-21)25(11-18-4-5-18)26-12-22(15-31-26)20-3-1-2-19(10-20)14-30/h1-3,6-10,13,15-18,25H,4-5,11-12H2. The Labute approximate surface area is 218 Å². The van der Waals surface area contributed by atoms with E-state index in [9.17, 15) is 10.5 Å². The van der Waals surface area contributed by atoms with Crippen molar-refractivity contribution < 1.29 is 4.73 Å². The molecule has 0 amide bonds. The number of hydrogen-bond acceptors (Lipinski definition) is 6. The van der Waals surface area contributed by atoms with Gasteiger partial charge in [0.1, 0.15) is 6.33 Å². The summed E-state index contributed by atoms with van der Waals surface area (Å²) < 4.78 is 2.51. The highest BCUT2D eigenvalue weighted by molar-refractivity contribution is 6.31. The molecule has 0 bridgehead atoms. The summed E-state index contributed by atoms with van der Waals surface area (Å²) >= 11 is 6.30. The van der Waals surface area contributed by atoms with Crippen LogP contribution in [0.2, 0.25) is 5.02 Å². The van der Waals surface area contributed by atoms with Gasteiger partial charge in [-0.1, -0.05) is 36.6 Å². The van der Waals surface area contributed by atoms with Crippen molar-refractivity contribution in [2.75, 3.05) is 0 Å². The third kappa shape index (κ3) is 4.74. The van der Waals surface area contributed by atoms with E-state index in [4.69, 9.17) is 16.6 Å². The van der Waals surface area contributed by atoms with E-state index in [1.807, 2.05) is 48.7 Å². The second kappa shape index (κ2) is 9.60. The molecule has 182 valence electrons. The molecule has 1 aliphatic heterocycles. The molecule has 2 aromatic heterocycles. The summed E-state index contributed by atoms with van der Waals surface area (Å²) in [5.41, 5.74) is 6.55. The van der Waals surface area contributed by atoms with E-state index in [1.54, 1.807) is 23.0 Å². The number of tetrazole rings is 1. The van der Waals surface area contributed by atoms with Crippen molar-refractivity contribution in [1.29, 1.82) is 5.26 Å². The number of benzene rings is 2. The Morgan fingerprint density at radius 2 is 2.03 bits per heavy atom. The largest absolute Gasteiger partial charge is 0.618 e. The van der Waals surface area contributed by atoms with E-state index in [0.717, 1.165) is 44.8 Å². The number of allylic oxidation sites excluding steroid dienone is 1. The molecule has 1 atom stereocenters. The van der Waals surface area contributed by atoms with Crippen LogP contribution in [0.5, 0.6) is 0 Å². The third-order valence-corrected chi connectivity index (χ3v) is 7.19. The molecular formula is C28H22ClN7O. The van der Waals surface area contributed by atoms with Crippen molar-refractivity contribution in [2.45, 2.75) is 31.6 Å². The van der Waals surface area contributed by atoms with Crippen LogP contribution in [0.3, 0.4) is 0 Å². The second-order valence-electron chi connectivity index (χ2n) is 9.46. The topological polar surface area (TPSA) is 107 Å². The van der Waals surface area contributed by atoms with E-state index >= 15 is 0 Å². The van der Waals surface area contributed by atoms with Crippen LogP contribution in [0, 0.1) is 22.5 Å². The number of nitrogens with zero attached hydrogens (tertiary/aromatic N) is 7. The predicted octanol–water partition coefficient (Wildman–Crippen LogP) is 5.26. The molecule has 0 radical (unpaired) electrons. The van der Waals surface area contributed by atoms with E-state index < -0.39 is 0 Å². The minimum atomic E-state index is -0.0784. The molecule has 9 heteroatoms. The average molecular weight is 508 g/mol. The number of aromatic nitrogens is 5. The van der Waals surface area contributed by atoms with Crippen molar-refractivity contribution in [2.24, 2.45) is 10.9 Å². The molecule has 0 N–H and O–H groups in total. The lowest BCUT2D eigenvalue weighted by Crippen LogP contribution is -2.35. The van der Waals surface area contributed by atoms with Crippen LogP contribution < -0.4 is 4.73 Å². The van der Waals surface area contributed by atoms with Gasteiger partial charge in [0.05, 0.1) is 23.2 Å². The molecule has 0 spiro atoms. The summed E-state index contributed by atoms with van der Waals surface area (Å²) in [6, 6.07) is 19.0. The maximum atomic E-state index is 13.5. The molecule has 1 saturated carbocycles. The maximum absolute atomic E-state index is 13.5. The lowest BCUT2D eigenvalue weighted by Gasteiger charge is -2.18. The monoisotopic (exact) mass is 507 g/mol. The van der Waals surface area contributed by atoms with Gasteiger partial charge in [-0.25, -0.2) is 0 Å². The van der Waals surface area contributed by atoms with Gasteiger partial charge in [-0.15, -0.1) is 5.10 Å². The first-order chi connectivity index (χ1) is 18.1. The van der Waals surface area contributed by atoms with Crippen LogP contribution in [0.15, 0.2) is 78.3 Å². The van der Waals surface area contributed by atoms with Gasteiger partial charge in [0.25, 0.3) is 0 Å². The first kappa shape index (κ1) is 23.1. The molecule has 1 aliphatic carbocycles. The Morgan fingerprint density at radius 3 is 2.78 bits per heavy atom. The quantitative estimate of drug-likeness (QED) is 0.250. The van der Waals surface area contributed by atoms with Gasteiger partial charge >= 0.3 is 0 Å². The highest BCUT2D eigenvalue weighted by Gasteiger charge is 2.34. The predicted molar refractivity (Wildman–Crippen MR) is 140 cm³/mol. The third-order valence-electron chi connectivity index (χ3n) is 6.96. The highest BCUT2D eigenvalue weighted by atomic mass is 35.5. The van der Waals surface area contributed by atoms with Crippen molar-refractivity contribution in [3.63, 3.8) is 0 Å². The van der Waals surface area contributed by atoms with Crippen molar-refractivity contribution in [1.82, 2.24) is 20.2 Å². The SMILES string of the molecule is N#Cc1cccc(C2=CN=C(C(CC3CC3)c3ccc(-c4cc(Cl)ccc4-n4cnnn4)c[n+]3[O-])C2)c1. The van der Waals surface area contributed by atoms with E-state index in [-0.39, 0.29) is 5.92 Å². The molecule has 1 fully saturated rings. The number of rotatable bonds is 7. The van der Waals surface area contributed by atoms with E-state index in [2.05, 4.69) is 21.6 Å². The second-order valence-corrected chi connectivity index (χ2v) is 9.90. The fourth-order valence-corrected chi connectivity index (χ4v) is 5.04. The van der Waals surface area contributed by atoms with Crippen LogP contribution in [0.25, 0.3) is 22.4 Å². The molecule has 6 rings (SSSR count). The smallest absolute Gasteiger partial charge is 0.201 e. The van der Waals surface area contributed by atoms with Crippen molar-refractivity contribution >= 4 is 22.9 Å².